The van der Waals surface area contributed by atoms with Crippen LogP contribution in [0.3, 0.4) is 0 Å². The first-order valence-corrected chi connectivity index (χ1v) is 15.5. The van der Waals surface area contributed by atoms with Crippen molar-refractivity contribution in [3.05, 3.63) is 64.3 Å². The van der Waals surface area contributed by atoms with Gasteiger partial charge >= 0.3 is 0 Å². The lowest BCUT2D eigenvalue weighted by atomic mass is 9.87. The van der Waals surface area contributed by atoms with Crippen molar-refractivity contribution in [1.82, 2.24) is 20.1 Å². The monoisotopic (exact) mass is 577 g/mol. The van der Waals surface area contributed by atoms with Crippen LogP contribution in [0, 0.1) is 6.92 Å². The van der Waals surface area contributed by atoms with Gasteiger partial charge in [-0.05, 0) is 67.0 Å². The molecule has 2 aromatic carbocycles. The van der Waals surface area contributed by atoms with E-state index in [9.17, 15) is 27.6 Å². The Morgan fingerprint density at radius 1 is 1.02 bits per heavy atom. The molecule has 3 N–H and O–H groups in total. The molecule has 1 unspecified atom stereocenters. The number of H-pyrrole nitrogens is 1. The number of aryl methyl sites for hydroxylation is 1. The lowest BCUT2D eigenvalue weighted by Crippen LogP contribution is -2.52. The summed E-state index contributed by atoms with van der Waals surface area (Å²) in [4.78, 5) is 56.9. The quantitative estimate of drug-likeness (QED) is 0.397. The molecule has 6 rings (SSSR count). The molecule has 11 nitrogen and oxygen atoms in total. The Labute approximate surface area is 237 Å². The minimum Gasteiger partial charge on any atom is -0.350 e. The van der Waals surface area contributed by atoms with Crippen LogP contribution in [-0.2, 0) is 26.2 Å². The lowest BCUT2D eigenvalue weighted by molar-refractivity contribution is -0.136. The second-order valence-corrected chi connectivity index (χ2v) is 12.9. The lowest BCUT2D eigenvalue weighted by Gasteiger charge is -2.32. The molecule has 4 amide bonds. The predicted octanol–water partition coefficient (Wildman–Crippen LogP) is 2.63. The second-order valence-electron chi connectivity index (χ2n) is 11.1. The molecule has 0 bridgehead atoms. The number of imide groups is 1. The Bertz CT molecular complexity index is 1720. The van der Waals surface area contributed by atoms with Gasteiger partial charge in [0.1, 0.15) is 11.7 Å². The highest BCUT2D eigenvalue weighted by atomic mass is 32.2. The third kappa shape index (κ3) is 5.08. The molecule has 0 saturated carbocycles. The van der Waals surface area contributed by atoms with Gasteiger partial charge in [0.25, 0.3) is 11.8 Å². The topological polar surface area (TPSA) is 149 Å². The summed E-state index contributed by atoms with van der Waals surface area (Å²) < 4.78 is 25.7. The maximum absolute atomic E-state index is 13.5. The maximum atomic E-state index is 13.5. The minimum absolute atomic E-state index is 0.0887. The highest BCUT2D eigenvalue weighted by Crippen LogP contribution is 2.34. The number of piperidine rings is 2. The first kappa shape index (κ1) is 27.0. The van der Waals surface area contributed by atoms with Crippen molar-refractivity contribution in [1.29, 1.82) is 0 Å². The van der Waals surface area contributed by atoms with Crippen LogP contribution in [0.4, 0.5) is 5.69 Å². The Morgan fingerprint density at radius 2 is 1.78 bits per heavy atom. The summed E-state index contributed by atoms with van der Waals surface area (Å²) in [5.41, 5.74) is 5.03. The number of rotatable bonds is 5. The van der Waals surface area contributed by atoms with E-state index in [1.807, 2.05) is 30.0 Å². The Morgan fingerprint density at radius 3 is 2.49 bits per heavy atom. The fourth-order valence-corrected chi connectivity index (χ4v) is 6.81. The average Bonchev–Trinajstić information content (AvgIpc) is 3.43. The van der Waals surface area contributed by atoms with Crippen LogP contribution < -0.4 is 10.0 Å². The molecular weight excluding hydrogens is 546 g/mol. The number of aromatic amines is 1. The van der Waals surface area contributed by atoms with E-state index in [1.165, 1.54) is 0 Å². The van der Waals surface area contributed by atoms with Gasteiger partial charge in [0.2, 0.25) is 21.8 Å². The minimum atomic E-state index is -3.41. The molecule has 0 spiro atoms. The number of hydrogen-bond donors (Lipinski definition) is 3. The van der Waals surface area contributed by atoms with Crippen molar-refractivity contribution in [2.75, 3.05) is 24.1 Å². The molecular formula is C29H31N5O6S. The van der Waals surface area contributed by atoms with E-state index in [0.717, 1.165) is 41.2 Å². The molecule has 214 valence electrons. The number of benzene rings is 2. The summed E-state index contributed by atoms with van der Waals surface area (Å²) in [5.74, 6) is -0.768. The van der Waals surface area contributed by atoms with E-state index in [0.29, 0.717) is 48.5 Å². The smallest absolute Gasteiger partial charge is 0.270 e. The van der Waals surface area contributed by atoms with Crippen LogP contribution in [0.2, 0.25) is 0 Å². The molecule has 4 heterocycles. The number of amides is 4. The van der Waals surface area contributed by atoms with E-state index in [2.05, 4.69) is 15.0 Å². The summed E-state index contributed by atoms with van der Waals surface area (Å²) >= 11 is 0. The van der Waals surface area contributed by atoms with Gasteiger partial charge in [0, 0.05) is 42.5 Å². The number of sulfonamides is 1. The van der Waals surface area contributed by atoms with Gasteiger partial charge in [0.15, 0.2) is 0 Å². The molecule has 0 radical (unpaired) electrons. The standard InChI is InChI=1S/C29H31N5O6S/c1-16-21-6-4-20(32-41(2,39)40)14-23(21)30-26(16)29(38)33-11-9-17(10-12-33)18-3-5-22-19(13-18)15-34(28(22)37)24-7-8-25(35)31-27(24)36/h3-6,13-14,17,24,30,32H,7-12,15H2,1-2H3,(H,31,35,36). The van der Waals surface area contributed by atoms with Crippen LogP contribution in [0.25, 0.3) is 10.9 Å². The number of hydrogen-bond acceptors (Lipinski definition) is 6. The Kier molecular flexibility index (Phi) is 6.60. The number of likely N-dealkylation sites (tertiary alicyclic amines) is 1. The number of nitrogens with one attached hydrogen (secondary N) is 3. The van der Waals surface area contributed by atoms with Crippen LogP contribution >= 0.6 is 0 Å². The third-order valence-corrected chi connectivity index (χ3v) is 8.98. The third-order valence-electron chi connectivity index (χ3n) is 8.38. The maximum Gasteiger partial charge on any atom is 0.270 e. The molecule has 0 aliphatic carbocycles. The summed E-state index contributed by atoms with van der Waals surface area (Å²) in [6, 6.07) is 10.4. The Hall–Kier alpha value is -4.19. The van der Waals surface area contributed by atoms with Crippen molar-refractivity contribution in [2.24, 2.45) is 0 Å². The van der Waals surface area contributed by atoms with E-state index in [1.54, 1.807) is 23.1 Å². The average molecular weight is 578 g/mol. The predicted molar refractivity (Wildman–Crippen MR) is 152 cm³/mol. The zero-order chi connectivity index (χ0) is 29.1. The molecule has 3 aliphatic heterocycles. The molecule has 12 heteroatoms. The van der Waals surface area contributed by atoms with E-state index in [-0.39, 0.29) is 30.1 Å². The van der Waals surface area contributed by atoms with Crippen LogP contribution in [0.1, 0.15) is 69.1 Å². The number of carbonyl (C=O) groups is 4. The summed E-state index contributed by atoms with van der Waals surface area (Å²) in [5, 5.41) is 3.19. The van der Waals surface area contributed by atoms with Crippen molar-refractivity contribution in [3.8, 4) is 0 Å². The van der Waals surface area contributed by atoms with Gasteiger partial charge in [-0.3, -0.25) is 29.2 Å². The van der Waals surface area contributed by atoms with Gasteiger partial charge in [0.05, 0.1) is 11.9 Å². The molecule has 3 aromatic rings. The fraction of sp³-hybridized carbons (Fsp3) is 0.379. The van der Waals surface area contributed by atoms with E-state index in [4.69, 9.17) is 0 Å². The molecule has 2 saturated heterocycles. The van der Waals surface area contributed by atoms with Crippen LogP contribution in [-0.4, -0.2) is 72.2 Å². The van der Waals surface area contributed by atoms with Gasteiger partial charge in [-0.15, -0.1) is 0 Å². The van der Waals surface area contributed by atoms with Crippen molar-refractivity contribution < 1.29 is 27.6 Å². The van der Waals surface area contributed by atoms with Crippen molar-refractivity contribution >= 4 is 50.2 Å². The Balaban J connectivity index is 1.12. The zero-order valence-corrected chi connectivity index (χ0v) is 23.6. The van der Waals surface area contributed by atoms with Crippen LogP contribution in [0.15, 0.2) is 36.4 Å². The molecule has 2 fully saturated rings. The highest BCUT2D eigenvalue weighted by Gasteiger charge is 2.39. The van der Waals surface area contributed by atoms with Gasteiger partial charge in [-0.25, -0.2) is 8.42 Å². The van der Waals surface area contributed by atoms with E-state index >= 15 is 0 Å². The first-order valence-electron chi connectivity index (χ1n) is 13.7. The van der Waals surface area contributed by atoms with Crippen LogP contribution in [0.5, 0.6) is 0 Å². The summed E-state index contributed by atoms with van der Waals surface area (Å²) in [7, 11) is -3.41. The molecule has 1 aromatic heterocycles. The highest BCUT2D eigenvalue weighted by molar-refractivity contribution is 7.92. The summed E-state index contributed by atoms with van der Waals surface area (Å²) in [6.45, 7) is 3.38. The SMILES string of the molecule is Cc1c(C(=O)N2CCC(c3ccc4c(c3)CN(C3CCC(=O)NC3=O)C4=O)CC2)[nH]c2cc(NS(C)(=O)=O)ccc12. The first-order chi connectivity index (χ1) is 19.5. The summed E-state index contributed by atoms with van der Waals surface area (Å²) in [6.07, 6.45) is 3.19. The van der Waals surface area contributed by atoms with Gasteiger partial charge in [-0.2, -0.15) is 0 Å². The molecule has 3 aliphatic rings. The second kappa shape index (κ2) is 10.0. The normalized spacial score (nSPS) is 20.0. The fourth-order valence-electron chi connectivity index (χ4n) is 6.25. The van der Waals surface area contributed by atoms with Gasteiger partial charge in [-0.1, -0.05) is 18.2 Å². The van der Waals surface area contributed by atoms with Crippen molar-refractivity contribution in [2.45, 2.75) is 51.1 Å². The number of anilines is 1. The van der Waals surface area contributed by atoms with Crippen molar-refractivity contribution in [3.63, 3.8) is 0 Å². The number of carbonyl (C=O) groups excluding carboxylic acids is 4. The molecule has 1 atom stereocenters. The van der Waals surface area contributed by atoms with E-state index < -0.39 is 22.0 Å². The zero-order valence-electron chi connectivity index (χ0n) is 22.8. The van der Waals surface area contributed by atoms with Gasteiger partial charge < -0.3 is 14.8 Å². The largest absolute Gasteiger partial charge is 0.350 e. The molecule has 41 heavy (non-hydrogen) atoms. The number of fused-ring (bicyclic) bond motifs is 2. The number of nitrogens with zero attached hydrogens (tertiary/aromatic N) is 2. The number of aromatic nitrogens is 1.